The molecule has 0 unspecified atom stereocenters. The Morgan fingerprint density at radius 2 is 1.62 bits per heavy atom. The third-order valence-corrected chi connectivity index (χ3v) is 5.28. The van der Waals surface area contributed by atoms with E-state index in [1.165, 1.54) is 31.4 Å². The van der Waals surface area contributed by atoms with Crippen LogP contribution in [0.2, 0.25) is 0 Å². The molecule has 0 radical (unpaired) electrons. The zero-order chi connectivity index (χ0) is 20.9. The van der Waals surface area contributed by atoms with Gasteiger partial charge in [0.05, 0.1) is 17.6 Å². The van der Waals surface area contributed by atoms with Crippen molar-refractivity contribution >= 4 is 32.7 Å². The van der Waals surface area contributed by atoms with Crippen LogP contribution < -0.4 is 15.0 Å². The molecule has 1 amide bonds. The maximum Gasteiger partial charge on any atom is 0.337 e. The van der Waals surface area contributed by atoms with Crippen LogP contribution in [-0.2, 0) is 19.6 Å². The summed E-state index contributed by atoms with van der Waals surface area (Å²) < 4.78 is 34.6. The molecule has 0 bridgehead atoms. The van der Waals surface area contributed by atoms with Crippen LogP contribution >= 0.6 is 0 Å². The number of carbonyl (C=O) groups excluding carboxylic acids is 2. The van der Waals surface area contributed by atoms with Crippen molar-refractivity contribution in [2.75, 3.05) is 13.7 Å². The van der Waals surface area contributed by atoms with Crippen LogP contribution in [0.1, 0.15) is 10.4 Å². The summed E-state index contributed by atoms with van der Waals surface area (Å²) in [5, 5.41) is 1.80. The molecule has 0 fully saturated rings. The van der Waals surface area contributed by atoms with E-state index in [0.29, 0.717) is 5.75 Å². The zero-order valence-electron chi connectivity index (χ0n) is 15.4. The molecule has 150 valence electrons. The molecule has 8 nitrogen and oxygen atoms in total. The molecule has 2 N–H and O–H groups in total. The Balaban J connectivity index is 1.59. The van der Waals surface area contributed by atoms with Crippen LogP contribution in [0.4, 0.5) is 0 Å². The van der Waals surface area contributed by atoms with E-state index < -0.39 is 21.9 Å². The highest BCUT2D eigenvalue weighted by Crippen LogP contribution is 2.24. The highest BCUT2D eigenvalue weighted by atomic mass is 32.2. The van der Waals surface area contributed by atoms with E-state index in [-0.39, 0.29) is 17.1 Å². The molecule has 9 heteroatoms. The second kappa shape index (κ2) is 8.72. The van der Waals surface area contributed by atoms with E-state index in [9.17, 15) is 18.0 Å². The molecule has 29 heavy (non-hydrogen) atoms. The molecular weight excluding hydrogens is 396 g/mol. The van der Waals surface area contributed by atoms with Crippen molar-refractivity contribution in [1.82, 2.24) is 10.3 Å². The van der Waals surface area contributed by atoms with Crippen LogP contribution in [0.5, 0.6) is 5.75 Å². The molecule has 0 aliphatic carbocycles. The number of hydrogen-bond donors (Lipinski definition) is 2. The Bertz CT molecular complexity index is 1140. The van der Waals surface area contributed by atoms with Gasteiger partial charge >= 0.3 is 5.97 Å². The number of carbonyl (C=O) groups is 2. The number of nitrogens with one attached hydrogen (secondary N) is 2. The topological polar surface area (TPSA) is 111 Å². The Morgan fingerprint density at radius 1 is 0.931 bits per heavy atom. The number of amides is 1. The summed E-state index contributed by atoms with van der Waals surface area (Å²) in [4.78, 5) is 25.3. The van der Waals surface area contributed by atoms with Gasteiger partial charge in [0.25, 0.3) is 15.9 Å². The molecule has 0 heterocycles. The van der Waals surface area contributed by atoms with Crippen LogP contribution in [0.15, 0.2) is 71.6 Å². The molecule has 0 aliphatic heterocycles. The van der Waals surface area contributed by atoms with E-state index in [0.717, 1.165) is 10.8 Å². The van der Waals surface area contributed by atoms with Gasteiger partial charge in [0.2, 0.25) is 0 Å². The summed E-state index contributed by atoms with van der Waals surface area (Å²) in [6.45, 7) is -0.377. The standard InChI is InChI=1S/C20H18N2O6S/c1-27-20(24)15-9-11-16(12-10-15)29(25,26)22-21-19(23)13-28-18-8-4-6-14-5-2-3-7-17(14)18/h2-12,22H,13H2,1H3,(H,21,23). The van der Waals surface area contributed by atoms with Gasteiger partial charge in [-0.05, 0) is 35.7 Å². The number of rotatable bonds is 7. The van der Waals surface area contributed by atoms with Gasteiger partial charge in [0.1, 0.15) is 5.75 Å². The molecule has 0 saturated heterocycles. The van der Waals surface area contributed by atoms with Crippen molar-refractivity contribution in [3.05, 3.63) is 72.3 Å². The summed E-state index contributed by atoms with van der Waals surface area (Å²) >= 11 is 0. The Morgan fingerprint density at radius 3 is 2.34 bits per heavy atom. The molecule has 0 saturated carbocycles. The lowest BCUT2D eigenvalue weighted by atomic mass is 10.1. The van der Waals surface area contributed by atoms with Crippen LogP contribution in [0.25, 0.3) is 10.8 Å². The molecule has 0 aromatic heterocycles. The number of ether oxygens (including phenoxy) is 2. The minimum absolute atomic E-state index is 0.125. The number of hydrazine groups is 1. The van der Waals surface area contributed by atoms with Gasteiger partial charge in [-0.3, -0.25) is 10.2 Å². The van der Waals surface area contributed by atoms with Gasteiger partial charge in [0.15, 0.2) is 6.61 Å². The Hall–Kier alpha value is -3.43. The highest BCUT2D eigenvalue weighted by Gasteiger charge is 2.16. The fourth-order valence-electron chi connectivity index (χ4n) is 2.57. The fraction of sp³-hybridized carbons (Fsp3) is 0.100. The largest absolute Gasteiger partial charge is 0.483 e. The molecule has 0 atom stereocenters. The SMILES string of the molecule is COC(=O)c1ccc(S(=O)(=O)NNC(=O)COc2cccc3ccccc23)cc1. The number of fused-ring (bicyclic) bond motifs is 1. The highest BCUT2D eigenvalue weighted by molar-refractivity contribution is 7.89. The maximum atomic E-state index is 12.3. The summed E-state index contributed by atoms with van der Waals surface area (Å²) in [5.41, 5.74) is 2.30. The lowest BCUT2D eigenvalue weighted by molar-refractivity contribution is -0.123. The normalized spacial score (nSPS) is 11.1. The number of benzene rings is 3. The Kier molecular flexibility index (Phi) is 6.10. The van der Waals surface area contributed by atoms with Crippen molar-refractivity contribution in [3.63, 3.8) is 0 Å². The first-order valence-corrected chi connectivity index (χ1v) is 9.98. The van der Waals surface area contributed by atoms with Crippen LogP contribution in [-0.4, -0.2) is 34.0 Å². The lowest BCUT2D eigenvalue weighted by Crippen LogP contribution is -2.43. The summed E-state index contributed by atoms with van der Waals surface area (Å²) in [7, 11) is -2.79. The summed E-state index contributed by atoms with van der Waals surface area (Å²) in [5.74, 6) is -0.743. The zero-order valence-corrected chi connectivity index (χ0v) is 16.2. The van der Waals surface area contributed by atoms with E-state index in [2.05, 4.69) is 10.2 Å². The van der Waals surface area contributed by atoms with Crippen molar-refractivity contribution in [2.45, 2.75) is 4.90 Å². The third-order valence-electron chi connectivity index (χ3n) is 4.02. The summed E-state index contributed by atoms with van der Waals surface area (Å²) in [6.07, 6.45) is 0. The first kappa shape index (κ1) is 20.3. The van der Waals surface area contributed by atoms with Gasteiger partial charge in [-0.1, -0.05) is 36.4 Å². The second-order valence-electron chi connectivity index (χ2n) is 5.94. The molecule has 0 spiro atoms. The predicted octanol–water partition coefficient (Wildman–Crippen LogP) is 2.01. The van der Waals surface area contributed by atoms with Crippen molar-refractivity contribution in [1.29, 1.82) is 0 Å². The second-order valence-corrected chi connectivity index (χ2v) is 7.62. The minimum atomic E-state index is -4.01. The molecule has 0 aliphatic rings. The van der Waals surface area contributed by atoms with E-state index in [1.807, 2.05) is 35.2 Å². The molecule has 3 aromatic rings. The third kappa shape index (κ3) is 4.89. The van der Waals surface area contributed by atoms with Crippen molar-refractivity contribution in [3.8, 4) is 5.75 Å². The van der Waals surface area contributed by atoms with Crippen molar-refractivity contribution < 1.29 is 27.5 Å². The average molecular weight is 414 g/mol. The monoisotopic (exact) mass is 414 g/mol. The van der Waals surface area contributed by atoms with E-state index in [1.54, 1.807) is 12.1 Å². The van der Waals surface area contributed by atoms with Gasteiger partial charge in [-0.15, -0.1) is 4.83 Å². The summed E-state index contributed by atoms with van der Waals surface area (Å²) in [6, 6.07) is 18.1. The van der Waals surface area contributed by atoms with Crippen LogP contribution in [0.3, 0.4) is 0 Å². The van der Waals surface area contributed by atoms with Gasteiger partial charge in [0, 0.05) is 5.39 Å². The smallest absolute Gasteiger partial charge is 0.337 e. The first-order valence-electron chi connectivity index (χ1n) is 8.50. The average Bonchev–Trinajstić information content (AvgIpc) is 2.75. The van der Waals surface area contributed by atoms with Crippen molar-refractivity contribution in [2.24, 2.45) is 0 Å². The van der Waals surface area contributed by atoms with Crippen LogP contribution in [0, 0.1) is 0 Å². The fourth-order valence-corrected chi connectivity index (χ4v) is 3.43. The molecule has 3 rings (SSSR count). The molecule has 3 aromatic carbocycles. The molecular formula is C20H18N2O6S. The van der Waals surface area contributed by atoms with Gasteiger partial charge < -0.3 is 9.47 Å². The number of sulfonamides is 1. The van der Waals surface area contributed by atoms with E-state index >= 15 is 0 Å². The predicted molar refractivity (Wildman–Crippen MR) is 106 cm³/mol. The first-order chi connectivity index (χ1) is 13.9. The Labute approximate surface area is 167 Å². The number of esters is 1. The van der Waals surface area contributed by atoms with Gasteiger partial charge in [-0.2, -0.15) is 0 Å². The minimum Gasteiger partial charge on any atom is -0.483 e. The number of methoxy groups -OCH3 is 1. The number of hydrogen-bond acceptors (Lipinski definition) is 6. The lowest BCUT2D eigenvalue weighted by Gasteiger charge is -2.11. The van der Waals surface area contributed by atoms with E-state index in [4.69, 9.17) is 4.74 Å². The quantitative estimate of drug-likeness (QED) is 0.452. The maximum absolute atomic E-state index is 12.3. The van der Waals surface area contributed by atoms with Gasteiger partial charge in [-0.25, -0.2) is 13.2 Å².